The third-order valence-electron chi connectivity index (χ3n) is 2.15. The minimum Gasteiger partial charge on any atom is -0.848 e. The van der Waals surface area contributed by atoms with Gasteiger partial charge >= 0.3 is 5.91 Å². The number of amides is 2. The van der Waals surface area contributed by atoms with Crippen molar-refractivity contribution in [1.29, 1.82) is 0 Å². The molecule has 0 aromatic carbocycles. The van der Waals surface area contributed by atoms with Crippen molar-refractivity contribution in [2.75, 3.05) is 20.6 Å². The number of carbonyl (C=O) groups excluding carboxylic acids is 2. The second-order valence-corrected chi connectivity index (χ2v) is 5.18. The molecule has 0 heterocycles. The van der Waals surface area contributed by atoms with E-state index in [-0.39, 0.29) is 22.7 Å². The van der Waals surface area contributed by atoms with E-state index in [0.29, 0.717) is 5.57 Å². The maximum atomic E-state index is 12.0. The smallest absolute Gasteiger partial charge is 0.312 e. The average Bonchev–Trinajstić information content (AvgIpc) is 2.09. The first kappa shape index (κ1) is 16.6. The molecule has 0 saturated carbocycles. The van der Waals surface area contributed by atoms with Crippen LogP contribution >= 0.6 is 0 Å². The van der Waals surface area contributed by atoms with Crippen molar-refractivity contribution in [3.63, 3.8) is 0 Å². The maximum Gasteiger partial charge on any atom is 0.312 e. The summed E-state index contributed by atoms with van der Waals surface area (Å²) >= 11 is 0. The molecule has 0 aliphatic heterocycles. The van der Waals surface area contributed by atoms with Gasteiger partial charge < -0.3 is 10.4 Å². The van der Waals surface area contributed by atoms with Gasteiger partial charge in [-0.1, -0.05) is 13.0 Å². The quantitative estimate of drug-likeness (QED) is 0.387. The number of nitrogens with zero attached hydrogens (tertiary/aromatic N) is 1. The number of quaternary nitrogens is 1. The van der Waals surface area contributed by atoms with Gasteiger partial charge in [0.1, 0.15) is 5.70 Å². The van der Waals surface area contributed by atoms with Gasteiger partial charge in [0, 0.05) is 6.92 Å². The van der Waals surface area contributed by atoms with Gasteiger partial charge in [-0.25, -0.2) is 4.59 Å². The summed E-state index contributed by atoms with van der Waals surface area (Å²) in [6.07, 6.45) is -0.781. The van der Waals surface area contributed by atoms with Crippen molar-refractivity contribution >= 4 is 11.8 Å². The van der Waals surface area contributed by atoms with Crippen molar-refractivity contribution in [3.8, 4) is 0 Å². The summed E-state index contributed by atoms with van der Waals surface area (Å²) in [5.41, 5.74) is 3.64. The zero-order valence-corrected chi connectivity index (χ0v) is 12.0. The van der Waals surface area contributed by atoms with E-state index in [1.165, 1.54) is 6.92 Å². The first-order valence-corrected chi connectivity index (χ1v) is 5.81. The molecule has 1 unspecified atom stereocenters. The molecule has 0 saturated heterocycles. The van der Waals surface area contributed by atoms with Gasteiger partial charge in [0.15, 0.2) is 0 Å². The summed E-state index contributed by atoms with van der Waals surface area (Å²) in [5.74, 6) is -0.695. The van der Waals surface area contributed by atoms with E-state index >= 15 is 0 Å². The maximum absolute atomic E-state index is 12.0. The van der Waals surface area contributed by atoms with E-state index in [0.717, 1.165) is 0 Å². The Morgan fingerprint density at radius 2 is 1.72 bits per heavy atom. The Bertz CT molecular complexity index is 356. The lowest BCUT2D eigenvalue weighted by Gasteiger charge is -2.34. The molecule has 6 heteroatoms. The molecule has 104 valence electrons. The number of carbonyl (C=O) groups is 2. The van der Waals surface area contributed by atoms with Crippen LogP contribution in [-0.2, 0) is 9.59 Å². The van der Waals surface area contributed by atoms with Gasteiger partial charge in [0.2, 0.25) is 5.91 Å². The lowest BCUT2D eigenvalue weighted by Crippen LogP contribution is -2.59. The fraction of sp³-hybridized carbons (Fsp3) is 0.667. The lowest BCUT2D eigenvalue weighted by atomic mass is 10.2. The molecule has 0 bridgehead atoms. The van der Waals surface area contributed by atoms with Gasteiger partial charge in [-0.05, 0) is 19.4 Å². The van der Waals surface area contributed by atoms with E-state index in [1.807, 2.05) is 0 Å². The summed E-state index contributed by atoms with van der Waals surface area (Å²) in [4.78, 5) is 23.0. The summed E-state index contributed by atoms with van der Waals surface area (Å²) < 4.78 is 0.0693. The molecular weight excluding hydrogens is 234 g/mol. The van der Waals surface area contributed by atoms with Crippen molar-refractivity contribution in [2.24, 2.45) is 0 Å². The molecule has 0 radical (unpaired) electrons. The van der Waals surface area contributed by atoms with Crippen LogP contribution in [-0.4, -0.2) is 43.2 Å². The van der Waals surface area contributed by atoms with E-state index in [9.17, 15) is 14.7 Å². The third-order valence-corrected chi connectivity index (χ3v) is 2.15. The Labute approximate surface area is 108 Å². The van der Waals surface area contributed by atoms with Gasteiger partial charge in [-0.2, -0.15) is 5.43 Å². The van der Waals surface area contributed by atoms with E-state index in [4.69, 9.17) is 0 Å². The van der Waals surface area contributed by atoms with Crippen LogP contribution in [0.15, 0.2) is 11.3 Å². The second kappa shape index (κ2) is 6.51. The van der Waals surface area contributed by atoms with Crippen LogP contribution in [0.3, 0.4) is 0 Å². The molecule has 0 aliphatic carbocycles. The standard InChI is InChI=1S/C12H23N3O3/c1-8(2)11(13-10(4)17)12(18)14-15(5,6)7-9(3)16/h9H,7H2,1-6H3,(H,13,17)(H,14,18). The Balaban J connectivity index is 4.83. The average molecular weight is 257 g/mol. The van der Waals surface area contributed by atoms with E-state index < -0.39 is 12.0 Å². The molecule has 2 amide bonds. The molecule has 1 atom stereocenters. The largest absolute Gasteiger partial charge is 0.848 e. The highest BCUT2D eigenvalue weighted by Gasteiger charge is 2.22. The topological polar surface area (TPSA) is 81.3 Å². The first-order valence-electron chi connectivity index (χ1n) is 5.81. The van der Waals surface area contributed by atoms with Crippen LogP contribution < -0.4 is 15.8 Å². The minimum atomic E-state index is -0.781. The van der Waals surface area contributed by atoms with Gasteiger partial charge in [-0.3, -0.25) is 9.59 Å². The second-order valence-electron chi connectivity index (χ2n) is 5.18. The Morgan fingerprint density at radius 3 is 2.06 bits per heavy atom. The number of allylic oxidation sites excluding steroid dienone is 1. The predicted octanol–water partition coefficient (Wildman–Crippen LogP) is -0.727. The molecule has 0 rings (SSSR count). The molecule has 0 aromatic heterocycles. The molecule has 0 aliphatic rings. The van der Waals surface area contributed by atoms with Crippen LogP contribution in [0.1, 0.15) is 27.7 Å². The highest BCUT2D eigenvalue weighted by molar-refractivity contribution is 5.96. The Morgan fingerprint density at radius 1 is 1.22 bits per heavy atom. The molecule has 0 aromatic rings. The molecule has 18 heavy (non-hydrogen) atoms. The minimum absolute atomic E-state index is 0.0693. The van der Waals surface area contributed by atoms with Crippen LogP contribution in [0.2, 0.25) is 0 Å². The first-order chi connectivity index (χ1) is 8.05. The van der Waals surface area contributed by atoms with Gasteiger partial charge in [0.25, 0.3) is 0 Å². The number of rotatable bonds is 5. The fourth-order valence-corrected chi connectivity index (χ4v) is 1.60. The number of hydrogen-bond donors (Lipinski definition) is 2. The van der Waals surface area contributed by atoms with Gasteiger partial charge in [0.05, 0.1) is 20.6 Å². The lowest BCUT2D eigenvalue weighted by molar-refractivity contribution is -0.932. The van der Waals surface area contributed by atoms with Crippen LogP contribution in [0, 0.1) is 0 Å². The molecule has 0 spiro atoms. The monoisotopic (exact) mass is 257 g/mol. The third kappa shape index (κ3) is 6.36. The zero-order chi connectivity index (χ0) is 14.5. The molecule has 2 N–H and O–H groups in total. The van der Waals surface area contributed by atoms with E-state index in [1.54, 1.807) is 34.9 Å². The Kier molecular flexibility index (Phi) is 6.00. The molecular formula is C12H23N3O3. The summed E-state index contributed by atoms with van der Waals surface area (Å²) in [6, 6.07) is 0. The van der Waals surface area contributed by atoms with Crippen molar-refractivity contribution in [3.05, 3.63) is 11.3 Å². The summed E-state index contributed by atoms with van der Waals surface area (Å²) in [6.45, 7) is 6.63. The Hall–Kier alpha value is -1.40. The summed E-state index contributed by atoms with van der Waals surface area (Å²) in [7, 11) is 3.45. The van der Waals surface area contributed by atoms with Crippen molar-refractivity contribution < 1.29 is 19.3 Å². The fourth-order valence-electron chi connectivity index (χ4n) is 1.60. The molecule has 6 nitrogen and oxygen atoms in total. The van der Waals surface area contributed by atoms with Crippen LogP contribution in [0.25, 0.3) is 0 Å². The van der Waals surface area contributed by atoms with Crippen molar-refractivity contribution in [1.82, 2.24) is 10.7 Å². The zero-order valence-electron chi connectivity index (χ0n) is 12.0. The highest BCUT2D eigenvalue weighted by atomic mass is 16.3. The highest BCUT2D eigenvalue weighted by Crippen LogP contribution is 2.02. The number of nitrogens with one attached hydrogen (secondary N) is 2. The van der Waals surface area contributed by atoms with E-state index in [2.05, 4.69) is 10.7 Å². The van der Waals surface area contributed by atoms with Gasteiger partial charge in [-0.15, -0.1) is 0 Å². The number of likely N-dealkylation sites (N-methyl/N-ethyl adjacent to an activating group) is 1. The predicted molar refractivity (Wildman–Crippen MR) is 66.8 cm³/mol. The number of hydrogen-bond acceptors (Lipinski definition) is 3. The van der Waals surface area contributed by atoms with Crippen molar-refractivity contribution in [2.45, 2.75) is 33.8 Å². The van der Waals surface area contributed by atoms with Crippen LogP contribution in [0.4, 0.5) is 0 Å². The molecule has 0 fully saturated rings. The SMILES string of the molecule is CC(=O)NC(C(=O)N[N+](C)(C)CC(C)[O-])=C(C)C. The normalized spacial score (nSPS) is 12.6. The van der Waals surface area contributed by atoms with Crippen LogP contribution in [0.5, 0.6) is 0 Å². The summed E-state index contributed by atoms with van der Waals surface area (Å²) in [5, 5.41) is 13.7.